The lowest BCUT2D eigenvalue weighted by Crippen LogP contribution is -2.55. The summed E-state index contributed by atoms with van der Waals surface area (Å²) < 4.78 is 71.1. The molecule has 2 heterocycles. The number of halogens is 3. The molecule has 0 radical (unpaired) electrons. The molecule has 0 bridgehead atoms. The molecule has 188 valence electrons. The number of benzene rings is 1. The molecule has 0 aliphatic heterocycles. The number of fused-ring (bicyclic) bond motifs is 1. The second-order valence-corrected chi connectivity index (χ2v) is 8.95. The SMILES string of the molecule is CCOC(=O)CCC(=O)N(n1c(=O)[nH]c2cc(C(F)(F)F)c(-n3ccnc3)cc2c1=O)S(C)(=O)=O. The summed E-state index contributed by atoms with van der Waals surface area (Å²) in [6.45, 7) is 1.52. The molecule has 1 N–H and O–H groups in total. The molecule has 12 nitrogen and oxygen atoms in total. The van der Waals surface area contributed by atoms with E-state index in [1.807, 2.05) is 4.98 Å². The zero-order valence-corrected chi connectivity index (χ0v) is 19.0. The predicted molar refractivity (Wildman–Crippen MR) is 115 cm³/mol. The number of sulfonamides is 1. The third-order valence-electron chi connectivity index (χ3n) is 4.64. The summed E-state index contributed by atoms with van der Waals surface area (Å²) in [6, 6.07) is 1.31. The highest BCUT2D eigenvalue weighted by atomic mass is 32.2. The first kappa shape index (κ1) is 25.7. The number of H-pyrrole nitrogens is 1. The summed E-state index contributed by atoms with van der Waals surface area (Å²) in [5.41, 5.74) is -5.14. The number of nitrogens with zero attached hydrogens (tertiary/aromatic N) is 4. The quantitative estimate of drug-likeness (QED) is 0.449. The minimum atomic E-state index is -4.89. The van der Waals surface area contributed by atoms with Crippen molar-refractivity contribution in [1.82, 2.24) is 19.2 Å². The summed E-state index contributed by atoms with van der Waals surface area (Å²) in [4.78, 5) is 55.7. The van der Waals surface area contributed by atoms with Gasteiger partial charge in [-0.15, -0.1) is 9.09 Å². The monoisotopic (exact) mass is 517 g/mol. The highest BCUT2D eigenvalue weighted by Crippen LogP contribution is 2.35. The molecular formula is C19H18F3N5O7S. The topological polar surface area (TPSA) is 153 Å². The van der Waals surface area contributed by atoms with Crippen molar-refractivity contribution in [2.45, 2.75) is 25.9 Å². The molecule has 3 rings (SSSR count). The molecule has 0 aliphatic carbocycles. The Kier molecular flexibility index (Phi) is 6.86. The number of nitrogens with one attached hydrogen (secondary N) is 1. The van der Waals surface area contributed by atoms with Gasteiger partial charge < -0.3 is 14.3 Å². The standard InChI is InChI=1S/C19H18F3N5O7S/c1-3-34-16(29)5-4-15(28)27(35(2,32)33)26-17(30)11-8-14(25-7-6-23-10-25)12(19(20,21)22)9-13(11)24-18(26)31/h6-10H,3-5H2,1-2H3,(H,24,31). The van der Waals surface area contributed by atoms with Crippen LogP contribution in [0.15, 0.2) is 40.4 Å². The van der Waals surface area contributed by atoms with Gasteiger partial charge in [-0.3, -0.25) is 14.4 Å². The molecule has 0 saturated heterocycles. The molecular weight excluding hydrogens is 499 g/mol. The normalized spacial score (nSPS) is 12.0. The van der Waals surface area contributed by atoms with Crippen LogP contribution in [0, 0.1) is 0 Å². The Morgan fingerprint density at radius 1 is 1.20 bits per heavy atom. The van der Waals surface area contributed by atoms with Gasteiger partial charge in [0, 0.05) is 18.8 Å². The van der Waals surface area contributed by atoms with Gasteiger partial charge in [0.25, 0.3) is 21.5 Å². The van der Waals surface area contributed by atoms with Crippen LogP contribution in [-0.2, 0) is 30.5 Å². The molecule has 2 aromatic heterocycles. The molecule has 0 atom stereocenters. The number of amides is 1. The number of aromatic amines is 1. The summed E-state index contributed by atoms with van der Waals surface area (Å²) in [7, 11) is -4.60. The van der Waals surface area contributed by atoms with Gasteiger partial charge in [-0.2, -0.15) is 13.2 Å². The summed E-state index contributed by atoms with van der Waals surface area (Å²) in [6.07, 6.45) is -2.20. The van der Waals surface area contributed by atoms with E-state index in [4.69, 9.17) is 0 Å². The van der Waals surface area contributed by atoms with Crippen LogP contribution in [0.4, 0.5) is 13.2 Å². The summed E-state index contributed by atoms with van der Waals surface area (Å²) >= 11 is 0. The second kappa shape index (κ2) is 9.36. The number of imidazole rings is 1. The Labute approximate surface area is 194 Å². The van der Waals surface area contributed by atoms with E-state index in [9.17, 15) is 40.8 Å². The first-order valence-corrected chi connectivity index (χ1v) is 11.7. The Bertz CT molecular complexity index is 1510. The molecule has 16 heteroatoms. The van der Waals surface area contributed by atoms with Gasteiger partial charge in [-0.1, -0.05) is 0 Å². The fourth-order valence-electron chi connectivity index (χ4n) is 3.23. The van der Waals surface area contributed by atoms with Crippen molar-refractivity contribution < 1.29 is 35.9 Å². The summed E-state index contributed by atoms with van der Waals surface area (Å²) in [5.74, 6) is -2.13. The van der Waals surface area contributed by atoms with E-state index in [0.717, 1.165) is 17.0 Å². The zero-order valence-electron chi connectivity index (χ0n) is 18.2. The van der Waals surface area contributed by atoms with Gasteiger partial charge in [0.1, 0.15) is 0 Å². The maximum absolute atomic E-state index is 13.7. The highest BCUT2D eigenvalue weighted by Gasteiger charge is 2.36. The number of alkyl halides is 3. The van der Waals surface area contributed by atoms with Crippen molar-refractivity contribution in [2.75, 3.05) is 17.3 Å². The number of hydrogen-bond donors (Lipinski definition) is 1. The molecule has 0 fully saturated rings. The average Bonchev–Trinajstić information content (AvgIpc) is 3.27. The number of aromatic nitrogens is 4. The van der Waals surface area contributed by atoms with Crippen molar-refractivity contribution in [3.8, 4) is 5.69 Å². The van der Waals surface area contributed by atoms with E-state index < -0.39 is 74.3 Å². The van der Waals surface area contributed by atoms with Crippen LogP contribution in [0.25, 0.3) is 16.6 Å². The fourth-order valence-corrected chi connectivity index (χ4v) is 4.14. The van der Waals surface area contributed by atoms with E-state index in [0.29, 0.717) is 12.3 Å². The number of hydrogen-bond acceptors (Lipinski definition) is 8. The van der Waals surface area contributed by atoms with Gasteiger partial charge in [0.05, 0.1) is 47.8 Å². The zero-order chi connectivity index (χ0) is 26.1. The second-order valence-electron chi connectivity index (χ2n) is 7.13. The highest BCUT2D eigenvalue weighted by molar-refractivity contribution is 7.92. The third-order valence-corrected chi connectivity index (χ3v) is 5.63. The Morgan fingerprint density at radius 2 is 1.89 bits per heavy atom. The lowest BCUT2D eigenvalue weighted by Gasteiger charge is -2.21. The van der Waals surface area contributed by atoms with Gasteiger partial charge in [0.15, 0.2) is 0 Å². The minimum Gasteiger partial charge on any atom is -0.466 e. The van der Waals surface area contributed by atoms with E-state index in [-0.39, 0.29) is 15.7 Å². The van der Waals surface area contributed by atoms with Crippen LogP contribution in [0.3, 0.4) is 0 Å². The molecule has 0 unspecified atom stereocenters. The van der Waals surface area contributed by atoms with Crippen molar-refractivity contribution in [3.05, 3.63) is 57.3 Å². The smallest absolute Gasteiger partial charge is 0.418 e. The van der Waals surface area contributed by atoms with Crippen molar-refractivity contribution in [1.29, 1.82) is 0 Å². The molecule has 35 heavy (non-hydrogen) atoms. The minimum absolute atomic E-state index is 0.00573. The van der Waals surface area contributed by atoms with Crippen LogP contribution < -0.4 is 15.7 Å². The number of rotatable bonds is 7. The maximum Gasteiger partial charge on any atom is 0.418 e. The average molecular weight is 517 g/mol. The van der Waals surface area contributed by atoms with Gasteiger partial charge in [0.2, 0.25) is 0 Å². The van der Waals surface area contributed by atoms with Gasteiger partial charge in [-0.05, 0) is 19.1 Å². The van der Waals surface area contributed by atoms with Crippen molar-refractivity contribution >= 4 is 32.8 Å². The number of esters is 1. The number of carbonyl (C=O) groups is 2. The van der Waals surface area contributed by atoms with Crippen molar-refractivity contribution in [3.63, 3.8) is 0 Å². The van der Waals surface area contributed by atoms with Crippen LogP contribution in [0.5, 0.6) is 0 Å². The predicted octanol–water partition coefficient (Wildman–Crippen LogP) is 0.662. The Hall–Kier alpha value is -3.95. The molecule has 1 aromatic carbocycles. The van der Waals surface area contributed by atoms with E-state index in [1.54, 1.807) is 0 Å². The molecule has 3 aromatic rings. The first-order chi connectivity index (χ1) is 16.3. The lowest BCUT2D eigenvalue weighted by atomic mass is 10.1. The van der Waals surface area contributed by atoms with Crippen molar-refractivity contribution in [2.24, 2.45) is 0 Å². The van der Waals surface area contributed by atoms with Gasteiger partial charge in [-0.25, -0.2) is 18.2 Å². The number of carbonyl (C=O) groups excluding carboxylic acids is 2. The lowest BCUT2D eigenvalue weighted by molar-refractivity contribution is -0.144. The maximum atomic E-state index is 13.7. The summed E-state index contributed by atoms with van der Waals surface area (Å²) in [5, 5.41) is -0.520. The van der Waals surface area contributed by atoms with Crippen LogP contribution in [0.1, 0.15) is 25.3 Å². The Morgan fingerprint density at radius 3 is 2.43 bits per heavy atom. The van der Waals surface area contributed by atoms with Gasteiger partial charge >= 0.3 is 17.8 Å². The molecule has 0 spiro atoms. The molecule has 1 amide bonds. The molecule has 0 saturated carbocycles. The van der Waals surface area contributed by atoms with Crippen LogP contribution in [0.2, 0.25) is 0 Å². The van der Waals surface area contributed by atoms with E-state index >= 15 is 0 Å². The fraction of sp³-hybridized carbons (Fsp3) is 0.316. The largest absolute Gasteiger partial charge is 0.466 e. The van der Waals surface area contributed by atoms with E-state index in [2.05, 4.69) is 9.72 Å². The van der Waals surface area contributed by atoms with Crippen LogP contribution in [-0.4, -0.2) is 52.4 Å². The Balaban J connectivity index is 2.25. The first-order valence-electron chi connectivity index (χ1n) is 9.83. The number of ether oxygens (including phenoxy) is 1. The van der Waals surface area contributed by atoms with Crippen LogP contribution >= 0.6 is 0 Å². The third kappa shape index (κ3) is 5.26. The van der Waals surface area contributed by atoms with E-state index in [1.165, 1.54) is 19.3 Å². The molecule has 0 aliphatic rings.